The van der Waals surface area contributed by atoms with Gasteiger partial charge in [0.2, 0.25) is 0 Å². The van der Waals surface area contributed by atoms with Gasteiger partial charge in [0, 0.05) is 53.6 Å². The third-order valence-electron chi connectivity index (χ3n) is 2.50. The highest BCUT2D eigenvalue weighted by Gasteiger charge is 2.36. The van der Waals surface area contributed by atoms with Crippen LogP contribution in [-0.4, -0.2) is 62.9 Å². The predicted octanol–water partition coefficient (Wildman–Crippen LogP) is -0.676. The van der Waals surface area contributed by atoms with Crippen LogP contribution in [0, 0.1) is 0 Å². The van der Waals surface area contributed by atoms with Crippen molar-refractivity contribution in [3.8, 4) is 0 Å². The highest BCUT2D eigenvalue weighted by Crippen LogP contribution is 2.14. The van der Waals surface area contributed by atoms with Crippen molar-refractivity contribution in [1.82, 2.24) is 10.8 Å². The lowest BCUT2D eigenvalue weighted by atomic mass is 10.5. The first-order valence-corrected chi connectivity index (χ1v) is 8.08. The molecule has 0 aliphatic heterocycles. The quantitative estimate of drug-likeness (QED) is 0.234. The van der Waals surface area contributed by atoms with E-state index in [-0.39, 0.29) is 0 Å². The van der Waals surface area contributed by atoms with Gasteiger partial charge in [-0.3, -0.25) is 0 Å². The first-order chi connectivity index (χ1) is 8.74. The topological polar surface area (TPSA) is 87.0 Å². The van der Waals surface area contributed by atoms with Gasteiger partial charge in [-0.25, -0.2) is 5.48 Å². The number of hydroxylamine groups is 1. The maximum atomic E-state index is 5.34. The average Bonchev–Trinajstić information content (AvgIpc) is 2.42. The Bertz CT molecular complexity index is 176. The van der Waals surface area contributed by atoms with Gasteiger partial charge in [0.25, 0.3) is 0 Å². The number of rotatable bonds is 13. The first-order valence-electron chi connectivity index (χ1n) is 6.15. The van der Waals surface area contributed by atoms with Crippen molar-refractivity contribution in [3.05, 3.63) is 0 Å². The maximum Gasteiger partial charge on any atom is 0.500 e. The van der Waals surface area contributed by atoms with Crippen LogP contribution in [0.3, 0.4) is 0 Å². The predicted molar refractivity (Wildman–Crippen MR) is 72.1 cm³/mol. The second kappa shape index (κ2) is 12.0. The zero-order valence-electron chi connectivity index (χ0n) is 11.7. The van der Waals surface area contributed by atoms with Gasteiger partial charge in [-0.15, -0.1) is 0 Å². The van der Waals surface area contributed by atoms with E-state index in [1.165, 1.54) is 0 Å². The molecule has 0 fully saturated rings. The molecule has 0 heterocycles. The van der Waals surface area contributed by atoms with Gasteiger partial charge in [-0.05, 0) is 6.42 Å². The number of hydrogen-bond donors (Lipinski definition) is 3. The molecule has 0 saturated carbocycles. The zero-order chi connectivity index (χ0) is 13.7. The van der Waals surface area contributed by atoms with E-state index in [9.17, 15) is 0 Å². The molecule has 0 saturated heterocycles. The summed E-state index contributed by atoms with van der Waals surface area (Å²) in [5.74, 6) is 0. The molecule has 0 spiro atoms. The average molecular weight is 281 g/mol. The molecule has 0 atom stereocenters. The summed E-state index contributed by atoms with van der Waals surface area (Å²) < 4.78 is 15.9. The Morgan fingerprint density at radius 3 is 2.22 bits per heavy atom. The summed E-state index contributed by atoms with van der Waals surface area (Å²) in [7, 11) is 2.43. The third-order valence-corrected chi connectivity index (χ3v) is 5.33. The standard InChI is InChI=1S/C10H27N3O4Si/c1-14-18(15-2,16-3)10-4-6-13-17-9-8-12-7-5-11/h12-13H,4-11H2,1-3H3. The molecule has 0 bridgehead atoms. The molecule has 0 aromatic rings. The minimum atomic E-state index is -2.43. The molecule has 0 unspecified atom stereocenters. The van der Waals surface area contributed by atoms with E-state index in [1.54, 1.807) is 21.3 Å². The van der Waals surface area contributed by atoms with Crippen LogP contribution in [0.4, 0.5) is 0 Å². The van der Waals surface area contributed by atoms with Gasteiger partial charge in [0.1, 0.15) is 0 Å². The smallest absolute Gasteiger partial charge is 0.377 e. The SMILES string of the molecule is CO[Si](CCCNOCCNCCN)(OC)OC. The van der Waals surface area contributed by atoms with Crippen molar-refractivity contribution in [2.24, 2.45) is 5.73 Å². The van der Waals surface area contributed by atoms with Gasteiger partial charge >= 0.3 is 8.80 Å². The lowest BCUT2D eigenvalue weighted by Gasteiger charge is -2.24. The Hall–Kier alpha value is -0.0631. The minimum Gasteiger partial charge on any atom is -0.377 e. The van der Waals surface area contributed by atoms with E-state index >= 15 is 0 Å². The molecule has 110 valence electrons. The summed E-state index contributed by atoms with van der Waals surface area (Å²) in [6, 6.07) is 0.762. The summed E-state index contributed by atoms with van der Waals surface area (Å²) >= 11 is 0. The summed E-state index contributed by atoms with van der Waals surface area (Å²) in [6.07, 6.45) is 0.873. The molecule has 0 rings (SSSR count). The fraction of sp³-hybridized carbons (Fsp3) is 1.00. The van der Waals surface area contributed by atoms with Crippen molar-refractivity contribution in [3.63, 3.8) is 0 Å². The Morgan fingerprint density at radius 1 is 1.00 bits per heavy atom. The molecule has 0 amide bonds. The number of nitrogens with two attached hydrogens (primary N) is 1. The van der Waals surface area contributed by atoms with E-state index in [4.69, 9.17) is 23.8 Å². The van der Waals surface area contributed by atoms with Crippen molar-refractivity contribution in [2.45, 2.75) is 12.5 Å². The van der Waals surface area contributed by atoms with Crippen LogP contribution in [0.2, 0.25) is 6.04 Å². The third kappa shape index (κ3) is 8.11. The largest absolute Gasteiger partial charge is 0.500 e. The van der Waals surface area contributed by atoms with Gasteiger partial charge in [-0.2, -0.15) is 0 Å². The molecule has 0 aromatic carbocycles. The van der Waals surface area contributed by atoms with E-state index in [2.05, 4.69) is 10.8 Å². The van der Waals surface area contributed by atoms with Crippen molar-refractivity contribution >= 4 is 8.80 Å². The zero-order valence-corrected chi connectivity index (χ0v) is 12.7. The Morgan fingerprint density at radius 2 is 1.67 bits per heavy atom. The number of nitrogens with one attached hydrogen (secondary N) is 2. The molecule has 0 aliphatic rings. The minimum absolute atomic E-state index is 0.613. The Kier molecular flexibility index (Phi) is 12.0. The van der Waals surface area contributed by atoms with Gasteiger partial charge in [0.05, 0.1) is 6.61 Å². The lowest BCUT2D eigenvalue weighted by molar-refractivity contribution is 0.0423. The van der Waals surface area contributed by atoms with Gasteiger partial charge < -0.3 is 29.2 Å². The second-order valence-corrected chi connectivity index (χ2v) is 6.77. The van der Waals surface area contributed by atoms with E-state index in [1.807, 2.05) is 0 Å². The van der Waals surface area contributed by atoms with Crippen molar-refractivity contribution < 1.29 is 18.1 Å². The summed E-state index contributed by atoms with van der Waals surface area (Å²) in [6.45, 7) is 3.60. The highest BCUT2D eigenvalue weighted by atomic mass is 28.4. The van der Waals surface area contributed by atoms with Gasteiger partial charge in [0.15, 0.2) is 0 Å². The molecule has 0 radical (unpaired) electrons. The molecule has 0 aliphatic carbocycles. The molecule has 7 nitrogen and oxygen atoms in total. The van der Waals surface area contributed by atoms with Crippen LogP contribution >= 0.6 is 0 Å². The van der Waals surface area contributed by atoms with E-state index in [0.29, 0.717) is 13.2 Å². The lowest BCUT2D eigenvalue weighted by Crippen LogP contribution is -2.43. The number of hydrogen-bond acceptors (Lipinski definition) is 7. The second-order valence-electron chi connectivity index (χ2n) is 3.68. The summed E-state index contributed by atoms with van der Waals surface area (Å²) in [5.41, 5.74) is 8.23. The maximum absolute atomic E-state index is 5.34. The van der Waals surface area contributed by atoms with E-state index < -0.39 is 8.80 Å². The molecule has 18 heavy (non-hydrogen) atoms. The van der Waals surface area contributed by atoms with Crippen LogP contribution in [0.25, 0.3) is 0 Å². The van der Waals surface area contributed by atoms with Crippen LogP contribution in [0.1, 0.15) is 6.42 Å². The van der Waals surface area contributed by atoms with Crippen LogP contribution < -0.4 is 16.5 Å². The van der Waals surface area contributed by atoms with Crippen molar-refractivity contribution in [1.29, 1.82) is 0 Å². The van der Waals surface area contributed by atoms with E-state index in [0.717, 1.165) is 32.1 Å². The van der Waals surface area contributed by atoms with Crippen LogP contribution in [0.5, 0.6) is 0 Å². The summed E-state index contributed by atoms with van der Waals surface area (Å²) in [4.78, 5) is 5.24. The molecular weight excluding hydrogens is 254 g/mol. The monoisotopic (exact) mass is 281 g/mol. The molecule has 8 heteroatoms. The Labute approximate surface area is 111 Å². The normalized spacial score (nSPS) is 12.0. The fourth-order valence-electron chi connectivity index (χ4n) is 1.43. The van der Waals surface area contributed by atoms with Crippen molar-refractivity contribution in [2.75, 3.05) is 54.1 Å². The summed E-state index contributed by atoms with van der Waals surface area (Å²) in [5, 5.41) is 3.13. The molecule has 0 aromatic heterocycles. The van der Waals surface area contributed by atoms with Crippen LogP contribution in [0.15, 0.2) is 0 Å². The Balaban J connectivity index is 3.38. The first kappa shape index (κ1) is 17.9. The highest BCUT2D eigenvalue weighted by molar-refractivity contribution is 6.60. The molecular formula is C10H27N3O4Si. The fourth-order valence-corrected chi connectivity index (χ4v) is 3.15. The molecule has 4 N–H and O–H groups in total. The van der Waals surface area contributed by atoms with Crippen LogP contribution in [-0.2, 0) is 18.1 Å². The van der Waals surface area contributed by atoms with Gasteiger partial charge in [-0.1, -0.05) is 0 Å².